The van der Waals surface area contributed by atoms with Crippen molar-refractivity contribution in [3.63, 3.8) is 0 Å². The molecule has 1 aromatic rings. The number of fused-ring (bicyclic) bond motifs is 2. The zero-order valence-electron chi connectivity index (χ0n) is 7.86. The van der Waals surface area contributed by atoms with Crippen LogP contribution in [-0.2, 0) is 0 Å². The van der Waals surface area contributed by atoms with Gasteiger partial charge in [-0.1, -0.05) is 11.6 Å². The molecule has 0 radical (unpaired) electrons. The molecular formula is C10H12ClN3. The lowest BCUT2D eigenvalue weighted by Crippen LogP contribution is -2.32. The van der Waals surface area contributed by atoms with E-state index in [1.165, 1.54) is 19.3 Å². The summed E-state index contributed by atoms with van der Waals surface area (Å²) in [6, 6.07) is 0.661. The van der Waals surface area contributed by atoms with E-state index >= 15 is 0 Å². The summed E-state index contributed by atoms with van der Waals surface area (Å²) in [6.45, 7) is 1.11. The summed E-state index contributed by atoms with van der Waals surface area (Å²) in [5.41, 5.74) is 0. The van der Waals surface area contributed by atoms with Crippen molar-refractivity contribution in [3.8, 4) is 0 Å². The first kappa shape index (κ1) is 8.48. The number of hydrogen-bond donors (Lipinski definition) is 0. The molecule has 1 aromatic heterocycles. The number of anilines is 1. The average Bonchev–Trinajstić information content (AvgIpc) is 2.79. The van der Waals surface area contributed by atoms with Crippen LogP contribution in [0.15, 0.2) is 12.4 Å². The Morgan fingerprint density at radius 3 is 2.79 bits per heavy atom. The van der Waals surface area contributed by atoms with Gasteiger partial charge in [-0.25, -0.2) is 9.97 Å². The minimum absolute atomic E-state index is 0.542. The lowest BCUT2D eigenvalue weighted by atomic mass is 10.1. The van der Waals surface area contributed by atoms with Crippen LogP contribution in [0.25, 0.3) is 0 Å². The third kappa shape index (κ3) is 1.19. The van der Waals surface area contributed by atoms with E-state index in [4.69, 9.17) is 11.6 Å². The Bertz CT molecular complexity index is 355. The van der Waals surface area contributed by atoms with Crippen molar-refractivity contribution in [1.29, 1.82) is 0 Å². The molecule has 0 amide bonds. The Balaban J connectivity index is 1.93. The fraction of sp³-hybridized carbons (Fsp3) is 0.600. The number of halogens is 1. The molecule has 74 valence electrons. The zero-order valence-corrected chi connectivity index (χ0v) is 8.61. The highest BCUT2D eigenvalue weighted by Gasteiger charge is 2.39. The van der Waals surface area contributed by atoms with E-state index in [-0.39, 0.29) is 0 Å². The van der Waals surface area contributed by atoms with Crippen molar-refractivity contribution in [2.75, 3.05) is 11.4 Å². The second-order valence-electron chi connectivity index (χ2n) is 4.16. The van der Waals surface area contributed by atoms with Crippen LogP contribution < -0.4 is 4.90 Å². The molecule has 2 heterocycles. The number of hydrogen-bond acceptors (Lipinski definition) is 3. The lowest BCUT2D eigenvalue weighted by molar-refractivity contribution is 0.550. The van der Waals surface area contributed by atoms with Gasteiger partial charge < -0.3 is 4.90 Å². The van der Waals surface area contributed by atoms with Crippen LogP contribution >= 0.6 is 11.6 Å². The highest BCUT2D eigenvalue weighted by atomic mass is 35.5. The van der Waals surface area contributed by atoms with E-state index in [1.54, 1.807) is 12.4 Å². The van der Waals surface area contributed by atoms with Crippen LogP contribution in [0.3, 0.4) is 0 Å². The van der Waals surface area contributed by atoms with Gasteiger partial charge in [-0.05, 0) is 25.2 Å². The Labute approximate surface area is 88.1 Å². The quantitative estimate of drug-likeness (QED) is 0.710. The molecule has 1 aliphatic heterocycles. The van der Waals surface area contributed by atoms with Gasteiger partial charge in [0.15, 0.2) is 11.0 Å². The molecule has 0 N–H and O–H groups in total. The summed E-state index contributed by atoms with van der Waals surface area (Å²) in [5, 5.41) is 0.542. The molecule has 3 nitrogen and oxygen atoms in total. The predicted octanol–water partition coefficient (Wildman–Crippen LogP) is 2.12. The van der Waals surface area contributed by atoms with Gasteiger partial charge in [0.2, 0.25) is 0 Å². The van der Waals surface area contributed by atoms with Gasteiger partial charge in [0.1, 0.15) is 0 Å². The molecule has 1 saturated carbocycles. The molecule has 0 aromatic carbocycles. The number of piperidine rings is 1. The first-order valence-corrected chi connectivity index (χ1v) is 5.45. The molecule has 14 heavy (non-hydrogen) atoms. The van der Waals surface area contributed by atoms with Crippen LogP contribution in [0.1, 0.15) is 19.3 Å². The van der Waals surface area contributed by atoms with E-state index in [2.05, 4.69) is 14.9 Å². The van der Waals surface area contributed by atoms with Crippen LogP contribution in [0, 0.1) is 5.92 Å². The molecule has 1 aliphatic carbocycles. The minimum atomic E-state index is 0.542. The van der Waals surface area contributed by atoms with Crippen LogP contribution in [0.5, 0.6) is 0 Å². The molecule has 3 rings (SSSR count). The number of aromatic nitrogens is 2. The Morgan fingerprint density at radius 1 is 1.29 bits per heavy atom. The molecule has 2 bridgehead atoms. The van der Waals surface area contributed by atoms with Crippen molar-refractivity contribution in [1.82, 2.24) is 9.97 Å². The van der Waals surface area contributed by atoms with Crippen LogP contribution in [0.2, 0.25) is 5.15 Å². The fourth-order valence-electron chi connectivity index (χ4n) is 2.69. The first-order valence-electron chi connectivity index (χ1n) is 5.08. The monoisotopic (exact) mass is 209 g/mol. The van der Waals surface area contributed by atoms with Gasteiger partial charge in [0, 0.05) is 25.0 Å². The van der Waals surface area contributed by atoms with Gasteiger partial charge in [0.25, 0.3) is 0 Å². The van der Waals surface area contributed by atoms with Gasteiger partial charge in [-0.2, -0.15) is 0 Å². The van der Waals surface area contributed by atoms with Crippen molar-refractivity contribution in [3.05, 3.63) is 17.5 Å². The largest absolute Gasteiger partial charge is 0.351 e. The summed E-state index contributed by atoms with van der Waals surface area (Å²) < 4.78 is 0. The molecule has 2 aliphatic rings. The van der Waals surface area contributed by atoms with Crippen molar-refractivity contribution < 1.29 is 0 Å². The van der Waals surface area contributed by atoms with Gasteiger partial charge in [-0.3, -0.25) is 0 Å². The molecule has 2 unspecified atom stereocenters. The summed E-state index contributed by atoms with van der Waals surface area (Å²) in [5.74, 6) is 1.74. The summed E-state index contributed by atoms with van der Waals surface area (Å²) in [7, 11) is 0. The first-order chi connectivity index (χ1) is 6.84. The van der Waals surface area contributed by atoms with Crippen LogP contribution in [-0.4, -0.2) is 22.6 Å². The van der Waals surface area contributed by atoms with Gasteiger partial charge >= 0.3 is 0 Å². The van der Waals surface area contributed by atoms with E-state index in [0.29, 0.717) is 11.2 Å². The van der Waals surface area contributed by atoms with Gasteiger partial charge in [-0.15, -0.1) is 0 Å². The smallest absolute Gasteiger partial charge is 0.171 e. The summed E-state index contributed by atoms with van der Waals surface area (Å²) >= 11 is 6.03. The maximum absolute atomic E-state index is 6.03. The fourth-order valence-corrected chi connectivity index (χ4v) is 2.90. The third-order valence-corrected chi connectivity index (χ3v) is 3.58. The summed E-state index contributed by atoms with van der Waals surface area (Å²) in [4.78, 5) is 10.7. The Morgan fingerprint density at radius 2 is 2.14 bits per heavy atom. The number of nitrogens with zero attached hydrogens (tertiary/aromatic N) is 3. The van der Waals surface area contributed by atoms with E-state index < -0.39 is 0 Å². The predicted molar refractivity (Wildman–Crippen MR) is 55.5 cm³/mol. The van der Waals surface area contributed by atoms with Crippen molar-refractivity contribution >= 4 is 17.4 Å². The Hall–Kier alpha value is -0.830. The maximum atomic E-state index is 6.03. The molecule has 4 heteroatoms. The average molecular weight is 210 g/mol. The molecule has 1 saturated heterocycles. The SMILES string of the molecule is Clc1nccnc1N1CC2CCC1C2. The minimum Gasteiger partial charge on any atom is -0.351 e. The normalized spacial score (nSPS) is 29.9. The number of rotatable bonds is 1. The third-order valence-electron chi connectivity index (χ3n) is 3.32. The second-order valence-corrected chi connectivity index (χ2v) is 4.51. The van der Waals surface area contributed by atoms with Crippen LogP contribution in [0.4, 0.5) is 5.82 Å². The van der Waals surface area contributed by atoms with Crippen molar-refractivity contribution in [2.24, 2.45) is 5.92 Å². The van der Waals surface area contributed by atoms with Crippen molar-refractivity contribution in [2.45, 2.75) is 25.3 Å². The van der Waals surface area contributed by atoms with Gasteiger partial charge in [0.05, 0.1) is 0 Å². The second kappa shape index (κ2) is 3.09. The Kier molecular flexibility index (Phi) is 1.87. The molecule has 0 spiro atoms. The lowest BCUT2D eigenvalue weighted by Gasteiger charge is -2.28. The standard InChI is InChI=1S/C10H12ClN3/c11-9-10(13-4-3-12-9)14-6-7-1-2-8(14)5-7/h3-4,7-8H,1-2,5-6H2. The van der Waals surface area contributed by atoms with E-state index in [1.807, 2.05) is 0 Å². The molecular weight excluding hydrogens is 198 g/mol. The molecule has 2 atom stereocenters. The van der Waals surface area contributed by atoms with E-state index in [9.17, 15) is 0 Å². The zero-order chi connectivity index (χ0) is 9.54. The molecule has 2 fully saturated rings. The maximum Gasteiger partial charge on any atom is 0.171 e. The topological polar surface area (TPSA) is 29.0 Å². The highest BCUT2D eigenvalue weighted by Crippen LogP contribution is 2.40. The summed E-state index contributed by atoms with van der Waals surface area (Å²) in [6.07, 6.45) is 7.33. The van der Waals surface area contributed by atoms with E-state index in [0.717, 1.165) is 18.3 Å². The highest BCUT2D eigenvalue weighted by molar-refractivity contribution is 6.31.